The molecule has 2 aromatic carbocycles. The molecule has 0 aliphatic carbocycles. The predicted molar refractivity (Wildman–Crippen MR) is 102 cm³/mol. The molecule has 1 amide bonds. The minimum atomic E-state index is -0.339. The van der Waals surface area contributed by atoms with Gasteiger partial charge in [0, 0.05) is 31.7 Å². The van der Waals surface area contributed by atoms with E-state index in [9.17, 15) is 9.18 Å². The largest absolute Gasteiger partial charge is 0.336 e. The predicted octanol–water partition coefficient (Wildman–Crippen LogP) is 3.07. The van der Waals surface area contributed by atoms with Gasteiger partial charge in [-0.15, -0.1) is 0 Å². The van der Waals surface area contributed by atoms with E-state index in [0.717, 1.165) is 18.7 Å². The first-order chi connectivity index (χ1) is 13.1. The summed E-state index contributed by atoms with van der Waals surface area (Å²) in [5.41, 5.74) is 2.68. The van der Waals surface area contributed by atoms with Crippen LogP contribution in [-0.4, -0.2) is 58.7 Å². The molecule has 1 aliphatic heterocycles. The molecule has 3 aromatic rings. The van der Waals surface area contributed by atoms with E-state index < -0.39 is 0 Å². The van der Waals surface area contributed by atoms with Crippen LogP contribution in [0.5, 0.6) is 0 Å². The molecule has 138 valence electrons. The van der Waals surface area contributed by atoms with Crippen LogP contribution in [0.1, 0.15) is 10.4 Å². The lowest BCUT2D eigenvalue weighted by atomic mass is 10.1. The molecule has 4 rings (SSSR count). The molecule has 0 N–H and O–H groups in total. The third kappa shape index (κ3) is 3.48. The number of hydrogen-bond donors (Lipinski definition) is 0. The Kier molecular flexibility index (Phi) is 4.73. The third-order valence-electron chi connectivity index (χ3n) is 4.89. The number of carbonyl (C=O) groups is 1. The molecular formula is C21H21FN4O. The topological polar surface area (TPSA) is 41.4 Å². The van der Waals surface area contributed by atoms with Crippen LogP contribution >= 0.6 is 0 Å². The van der Waals surface area contributed by atoms with Gasteiger partial charge in [0.25, 0.3) is 5.91 Å². The molecule has 2 heterocycles. The van der Waals surface area contributed by atoms with Crippen molar-refractivity contribution in [2.45, 2.75) is 0 Å². The fourth-order valence-electron chi connectivity index (χ4n) is 3.36. The molecule has 5 nitrogen and oxygen atoms in total. The summed E-state index contributed by atoms with van der Waals surface area (Å²) >= 11 is 0. The Morgan fingerprint density at radius 2 is 1.74 bits per heavy atom. The van der Waals surface area contributed by atoms with Crippen molar-refractivity contribution in [1.29, 1.82) is 0 Å². The molecule has 0 saturated carbocycles. The summed E-state index contributed by atoms with van der Waals surface area (Å²) in [4.78, 5) is 17.3. The van der Waals surface area contributed by atoms with E-state index in [4.69, 9.17) is 0 Å². The van der Waals surface area contributed by atoms with Crippen molar-refractivity contribution >= 4 is 5.91 Å². The number of nitrogens with zero attached hydrogens (tertiary/aromatic N) is 4. The molecule has 0 atom stereocenters. The van der Waals surface area contributed by atoms with Crippen LogP contribution in [-0.2, 0) is 0 Å². The monoisotopic (exact) mass is 364 g/mol. The van der Waals surface area contributed by atoms with Crippen LogP contribution in [0.15, 0.2) is 60.8 Å². The number of rotatable bonds is 3. The molecule has 0 spiro atoms. The molecule has 1 aliphatic rings. The smallest absolute Gasteiger partial charge is 0.257 e. The van der Waals surface area contributed by atoms with Crippen molar-refractivity contribution in [2.75, 3.05) is 33.2 Å². The summed E-state index contributed by atoms with van der Waals surface area (Å²) in [6.07, 6.45) is 1.59. The maximum atomic E-state index is 13.8. The van der Waals surface area contributed by atoms with E-state index in [1.165, 1.54) is 12.1 Å². The molecule has 6 heteroatoms. The van der Waals surface area contributed by atoms with Crippen LogP contribution < -0.4 is 0 Å². The van der Waals surface area contributed by atoms with E-state index in [1.54, 1.807) is 23.0 Å². The number of hydrogen-bond acceptors (Lipinski definition) is 3. The van der Waals surface area contributed by atoms with Gasteiger partial charge in [0.15, 0.2) is 0 Å². The third-order valence-corrected chi connectivity index (χ3v) is 4.89. The zero-order valence-corrected chi connectivity index (χ0v) is 15.2. The van der Waals surface area contributed by atoms with E-state index in [-0.39, 0.29) is 11.7 Å². The first kappa shape index (κ1) is 17.4. The quantitative estimate of drug-likeness (QED) is 0.717. The second kappa shape index (κ2) is 7.32. The standard InChI is InChI=1S/C21H21FN4O/c1-24-10-12-25(13-11-24)21(27)19-15-23-26(18-9-5-8-17(22)14-18)20(19)16-6-3-2-4-7-16/h2-9,14-15H,10-13H2,1H3. The number of likely N-dealkylation sites (N-methyl/N-ethyl adjacent to an activating group) is 1. The highest BCUT2D eigenvalue weighted by atomic mass is 19.1. The highest BCUT2D eigenvalue weighted by molar-refractivity contribution is 6.00. The van der Waals surface area contributed by atoms with E-state index >= 15 is 0 Å². The minimum Gasteiger partial charge on any atom is -0.336 e. The van der Waals surface area contributed by atoms with Crippen LogP contribution in [0.2, 0.25) is 0 Å². The fraction of sp³-hybridized carbons (Fsp3) is 0.238. The number of benzene rings is 2. The van der Waals surface area contributed by atoms with Gasteiger partial charge >= 0.3 is 0 Å². The van der Waals surface area contributed by atoms with Crippen molar-refractivity contribution in [3.8, 4) is 16.9 Å². The summed E-state index contributed by atoms with van der Waals surface area (Å²) in [7, 11) is 2.05. The Bertz CT molecular complexity index is 946. The highest BCUT2D eigenvalue weighted by Crippen LogP contribution is 2.28. The second-order valence-electron chi connectivity index (χ2n) is 6.76. The Hall–Kier alpha value is -2.99. The van der Waals surface area contributed by atoms with E-state index in [1.807, 2.05) is 35.2 Å². The molecule has 0 bridgehead atoms. The van der Waals surface area contributed by atoms with Gasteiger partial charge < -0.3 is 9.80 Å². The molecule has 27 heavy (non-hydrogen) atoms. The number of piperazine rings is 1. The van der Waals surface area contributed by atoms with Crippen LogP contribution in [0.25, 0.3) is 16.9 Å². The summed E-state index contributed by atoms with van der Waals surface area (Å²) < 4.78 is 15.4. The van der Waals surface area contributed by atoms with Gasteiger partial charge in [-0.25, -0.2) is 9.07 Å². The van der Waals surface area contributed by atoms with E-state index in [0.29, 0.717) is 30.0 Å². The van der Waals surface area contributed by atoms with Gasteiger partial charge in [-0.2, -0.15) is 5.10 Å². The normalized spacial score (nSPS) is 15.1. The van der Waals surface area contributed by atoms with Crippen LogP contribution in [0.3, 0.4) is 0 Å². The molecule has 1 saturated heterocycles. The SMILES string of the molecule is CN1CCN(C(=O)c2cnn(-c3cccc(F)c3)c2-c2ccccc2)CC1. The van der Waals surface area contributed by atoms with Crippen molar-refractivity contribution in [3.05, 3.63) is 72.2 Å². The molecule has 1 aromatic heterocycles. The van der Waals surface area contributed by atoms with Crippen molar-refractivity contribution in [3.63, 3.8) is 0 Å². The van der Waals surface area contributed by atoms with Crippen molar-refractivity contribution in [1.82, 2.24) is 19.6 Å². The lowest BCUT2D eigenvalue weighted by molar-refractivity contribution is 0.0665. The summed E-state index contributed by atoms with van der Waals surface area (Å²) in [5, 5.41) is 4.43. The van der Waals surface area contributed by atoms with Gasteiger partial charge in [0.05, 0.1) is 23.1 Å². The van der Waals surface area contributed by atoms with Gasteiger partial charge in [-0.05, 0) is 25.2 Å². The Morgan fingerprint density at radius 1 is 1.00 bits per heavy atom. The first-order valence-corrected chi connectivity index (χ1v) is 9.00. The fourth-order valence-corrected chi connectivity index (χ4v) is 3.36. The number of carbonyl (C=O) groups excluding carboxylic acids is 1. The average molecular weight is 364 g/mol. The number of amides is 1. The maximum Gasteiger partial charge on any atom is 0.257 e. The maximum absolute atomic E-state index is 13.8. The minimum absolute atomic E-state index is 0.0374. The van der Waals surface area contributed by atoms with Crippen molar-refractivity contribution in [2.24, 2.45) is 0 Å². The lowest BCUT2D eigenvalue weighted by Gasteiger charge is -2.32. The lowest BCUT2D eigenvalue weighted by Crippen LogP contribution is -2.47. The number of halogens is 1. The van der Waals surface area contributed by atoms with Gasteiger partial charge in [0.1, 0.15) is 5.82 Å². The Balaban J connectivity index is 1.79. The van der Waals surface area contributed by atoms with Gasteiger partial charge in [0.2, 0.25) is 0 Å². The van der Waals surface area contributed by atoms with Gasteiger partial charge in [-0.3, -0.25) is 4.79 Å². The summed E-state index contributed by atoms with van der Waals surface area (Å²) in [6.45, 7) is 3.08. The molecule has 0 unspecified atom stereocenters. The average Bonchev–Trinajstić information content (AvgIpc) is 3.14. The highest BCUT2D eigenvalue weighted by Gasteiger charge is 2.26. The second-order valence-corrected chi connectivity index (χ2v) is 6.76. The van der Waals surface area contributed by atoms with Crippen LogP contribution in [0.4, 0.5) is 4.39 Å². The van der Waals surface area contributed by atoms with Crippen molar-refractivity contribution < 1.29 is 9.18 Å². The van der Waals surface area contributed by atoms with Gasteiger partial charge in [-0.1, -0.05) is 36.4 Å². The zero-order chi connectivity index (χ0) is 18.8. The Morgan fingerprint density at radius 3 is 2.44 bits per heavy atom. The molecule has 1 fully saturated rings. The van der Waals surface area contributed by atoms with E-state index in [2.05, 4.69) is 17.0 Å². The molecular weight excluding hydrogens is 343 g/mol. The molecule has 0 radical (unpaired) electrons. The summed E-state index contributed by atoms with van der Waals surface area (Å²) in [6, 6.07) is 15.9. The summed E-state index contributed by atoms with van der Waals surface area (Å²) in [5.74, 6) is -0.376. The number of aromatic nitrogens is 2. The Labute approximate surface area is 157 Å². The van der Waals surface area contributed by atoms with Crippen LogP contribution in [0, 0.1) is 5.82 Å². The first-order valence-electron chi connectivity index (χ1n) is 9.00. The zero-order valence-electron chi connectivity index (χ0n) is 15.2.